The van der Waals surface area contributed by atoms with Gasteiger partial charge in [-0.3, -0.25) is 0 Å². The molecule has 0 N–H and O–H groups in total. The number of alkyl halides is 1. The van der Waals surface area contributed by atoms with Crippen LogP contribution in [0.5, 0.6) is 0 Å². The monoisotopic (exact) mass is 406 g/mol. The van der Waals surface area contributed by atoms with Crippen LogP contribution < -0.4 is 0 Å². The van der Waals surface area contributed by atoms with E-state index in [1.165, 1.54) is 19.6 Å². The second kappa shape index (κ2) is 5.65. The number of hydrogen-bond acceptors (Lipinski definition) is 1. The van der Waals surface area contributed by atoms with Crippen LogP contribution in [0.1, 0.15) is 21.5 Å². The predicted octanol–water partition coefficient (Wildman–Crippen LogP) is 5.34. The van der Waals surface area contributed by atoms with E-state index >= 15 is 0 Å². The van der Waals surface area contributed by atoms with Crippen LogP contribution in [0.15, 0.2) is 35.7 Å². The lowest BCUT2D eigenvalue weighted by Crippen LogP contribution is -1.94. The Kier molecular flexibility index (Phi) is 4.44. The molecule has 0 saturated carbocycles. The van der Waals surface area contributed by atoms with Gasteiger partial charge in [0.15, 0.2) is 0 Å². The summed E-state index contributed by atoms with van der Waals surface area (Å²) in [7, 11) is 0. The van der Waals surface area contributed by atoms with Gasteiger partial charge in [-0.15, -0.1) is 11.3 Å². The summed E-state index contributed by atoms with van der Waals surface area (Å²) in [4.78, 5) is 0.425. The second-order valence-corrected chi connectivity index (χ2v) is 7.76. The standard InChI is InChI=1S/C13H12BrIS/c1-9-3-2-4-10(5-9)6-12(14)11-7-13(15)16-8-11/h2-5,7-8,12H,6H2,1H3. The lowest BCUT2D eigenvalue weighted by atomic mass is 10.0. The highest BCUT2D eigenvalue weighted by Crippen LogP contribution is 2.31. The third-order valence-corrected chi connectivity index (χ3v) is 5.11. The molecule has 0 saturated heterocycles. The fourth-order valence-corrected chi connectivity index (χ4v) is 3.89. The van der Waals surface area contributed by atoms with E-state index in [1.54, 1.807) is 11.3 Å². The highest BCUT2D eigenvalue weighted by Gasteiger charge is 2.10. The lowest BCUT2D eigenvalue weighted by Gasteiger charge is -2.08. The summed E-state index contributed by atoms with van der Waals surface area (Å²) in [6.07, 6.45) is 1.05. The van der Waals surface area contributed by atoms with E-state index in [9.17, 15) is 0 Å². The van der Waals surface area contributed by atoms with Gasteiger partial charge in [0, 0.05) is 4.83 Å². The van der Waals surface area contributed by atoms with E-state index < -0.39 is 0 Å². The average molecular weight is 407 g/mol. The van der Waals surface area contributed by atoms with Crippen molar-refractivity contribution < 1.29 is 0 Å². The fourth-order valence-electron chi connectivity index (χ4n) is 1.65. The number of halogens is 2. The molecule has 1 unspecified atom stereocenters. The smallest absolute Gasteiger partial charge is 0.0656 e. The van der Waals surface area contributed by atoms with Crippen LogP contribution in [-0.2, 0) is 6.42 Å². The molecule has 0 aliphatic carbocycles. The highest BCUT2D eigenvalue weighted by atomic mass is 127. The molecule has 0 bridgehead atoms. The number of aryl methyl sites for hydroxylation is 1. The van der Waals surface area contributed by atoms with Crippen LogP contribution in [-0.4, -0.2) is 0 Å². The van der Waals surface area contributed by atoms with Gasteiger partial charge in [-0.25, -0.2) is 0 Å². The van der Waals surface area contributed by atoms with Gasteiger partial charge in [-0.1, -0.05) is 45.8 Å². The van der Waals surface area contributed by atoms with Crippen molar-refractivity contribution in [1.29, 1.82) is 0 Å². The van der Waals surface area contributed by atoms with Crippen LogP contribution in [0.2, 0.25) is 0 Å². The van der Waals surface area contributed by atoms with Gasteiger partial charge in [0.2, 0.25) is 0 Å². The highest BCUT2D eigenvalue weighted by molar-refractivity contribution is 14.1. The summed E-state index contributed by atoms with van der Waals surface area (Å²) in [5.41, 5.74) is 4.11. The Balaban J connectivity index is 2.10. The maximum atomic E-state index is 3.76. The van der Waals surface area contributed by atoms with Crippen LogP contribution >= 0.6 is 49.9 Å². The molecule has 1 aromatic heterocycles. The third kappa shape index (κ3) is 3.31. The summed E-state index contributed by atoms with van der Waals surface area (Å²) < 4.78 is 1.35. The van der Waals surface area contributed by atoms with Gasteiger partial charge < -0.3 is 0 Å². The number of hydrogen-bond donors (Lipinski definition) is 0. The Morgan fingerprint density at radius 1 is 1.38 bits per heavy atom. The van der Waals surface area contributed by atoms with Gasteiger partial charge in [-0.2, -0.15) is 0 Å². The number of thiophene rings is 1. The molecule has 84 valence electrons. The largest absolute Gasteiger partial charge is 0.137 e. The first kappa shape index (κ1) is 12.6. The van der Waals surface area contributed by atoms with Gasteiger partial charge in [0.05, 0.1) is 2.88 Å². The maximum absolute atomic E-state index is 3.76. The van der Waals surface area contributed by atoms with Crippen molar-refractivity contribution in [3.05, 3.63) is 55.3 Å². The summed E-state index contributed by atoms with van der Waals surface area (Å²) >= 11 is 7.94. The topological polar surface area (TPSA) is 0 Å². The molecule has 1 heterocycles. The first-order chi connectivity index (χ1) is 7.65. The molecule has 16 heavy (non-hydrogen) atoms. The maximum Gasteiger partial charge on any atom is 0.0656 e. The summed E-state index contributed by atoms with van der Waals surface area (Å²) in [5, 5.41) is 2.23. The molecular weight excluding hydrogens is 395 g/mol. The Morgan fingerprint density at radius 3 is 2.81 bits per heavy atom. The molecule has 0 aliphatic rings. The normalized spacial score (nSPS) is 12.7. The molecule has 1 aromatic carbocycles. The zero-order valence-electron chi connectivity index (χ0n) is 8.91. The van der Waals surface area contributed by atoms with Crippen molar-refractivity contribution in [2.45, 2.75) is 18.2 Å². The van der Waals surface area contributed by atoms with Gasteiger partial charge in [0.1, 0.15) is 0 Å². The minimum absolute atomic E-state index is 0.425. The van der Waals surface area contributed by atoms with E-state index in [4.69, 9.17) is 0 Å². The molecule has 0 nitrogen and oxygen atoms in total. The minimum atomic E-state index is 0.425. The van der Waals surface area contributed by atoms with Crippen molar-refractivity contribution in [1.82, 2.24) is 0 Å². The molecule has 0 fully saturated rings. The van der Waals surface area contributed by atoms with Crippen LogP contribution in [0.4, 0.5) is 0 Å². The van der Waals surface area contributed by atoms with E-state index in [2.05, 4.69) is 81.2 Å². The summed E-state index contributed by atoms with van der Waals surface area (Å²) in [6.45, 7) is 2.14. The SMILES string of the molecule is Cc1cccc(CC(Br)c2csc(I)c2)c1. The molecule has 2 rings (SSSR count). The van der Waals surface area contributed by atoms with Crippen molar-refractivity contribution >= 4 is 49.9 Å². The molecular formula is C13H12BrIS. The summed E-state index contributed by atoms with van der Waals surface area (Å²) in [5.74, 6) is 0. The fraction of sp³-hybridized carbons (Fsp3) is 0.231. The second-order valence-electron chi connectivity index (χ2n) is 3.84. The first-order valence-corrected chi connectivity index (χ1v) is 7.96. The van der Waals surface area contributed by atoms with Crippen molar-refractivity contribution in [3.8, 4) is 0 Å². The number of rotatable bonds is 3. The predicted molar refractivity (Wildman–Crippen MR) is 83.6 cm³/mol. The molecule has 2 aromatic rings. The zero-order valence-corrected chi connectivity index (χ0v) is 13.5. The zero-order chi connectivity index (χ0) is 11.5. The van der Waals surface area contributed by atoms with Gasteiger partial charge >= 0.3 is 0 Å². The summed E-state index contributed by atoms with van der Waals surface area (Å²) in [6, 6.07) is 11.0. The van der Waals surface area contributed by atoms with Crippen molar-refractivity contribution in [2.24, 2.45) is 0 Å². The van der Waals surface area contributed by atoms with Crippen molar-refractivity contribution in [3.63, 3.8) is 0 Å². The quantitative estimate of drug-likeness (QED) is 0.476. The van der Waals surface area contributed by atoms with Crippen molar-refractivity contribution in [2.75, 3.05) is 0 Å². The van der Waals surface area contributed by atoms with E-state index in [-0.39, 0.29) is 0 Å². The third-order valence-electron chi connectivity index (χ3n) is 2.45. The lowest BCUT2D eigenvalue weighted by molar-refractivity contribution is 0.952. The van der Waals surface area contributed by atoms with E-state index in [1.807, 2.05) is 0 Å². The first-order valence-electron chi connectivity index (χ1n) is 5.08. The Morgan fingerprint density at radius 2 is 2.19 bits per heavy atom. The van der Waals surface area contributed by atoms with Crippen LogP contribution in [0.25, 0.3) is 0 Å². The molecule has 3 heteroatoms. The molecule has 0 aliphatic heterocycles. The van der Waals surface area contributed by atoms with Gasteiger partial charge in [-0.05, 0) is 58.5 Å². The molecule has 1 atom stereocenters. The van der Waals surface area contributed by atoms with Crippen LogP contribution in [0.3, 0.4) is 0 Å². The molecule has 0 amide bonds. The van der Waals surface area contributed by atoms with E-state index in [0.29, 0.717) is 4.83 Å². The number of benzene rings is 1. The minimum Gasteiger partial charge on any atom is -0.137 e. The Bertz CT molecular complexity index is 478. The molecule has 0 radical (unpaired) electrons. The Hall–Kier alpha value is 0.130. The van der Waals surface area contributed by atoms with Gasteiger partial charge in [0.25, 0.3) is 0 Å². The molecule has 0 spiro atoms. The Labute approximate surface area is 122 Å². The van der Waals surface area contributed by atoms with E-state index in [0.717, 1.165) is 6.42 Å². The average Bonchev–Trinajstić information content (AvgIpc) is 2.65. The van der Waals surface area contributed by atoms with Crippen LogP contribution in [0, 0.1) is 9.81 Å².